The third-order valence-corrected chi connectivity index (χ3v) is 3.94. The predicted octanol–water partition coefficient (Wildman–Crippen LogP) is 3.48. The van der Waals surface area contributed by atoms with E-state index in [4.69, 9.17) is 32.4 Å². The smallest absolute Gasteiger partial charge is 0.345 e. The van der Waals surface area contributed by atoms with Crippen molar-refractivity contribution in [2.75, 3.05) is 0 Å². The van der Waals surface area contributed by atoms with Gasteiger partial charge in [0, 0.05) is 0 Å². The number of carboxylic acids is 1. The van der Waals surface area contributed by atoms with Crippen LogP contribution in [0.25, 0.3) is 0 Å². The Morgan fingerprint density at radius 1 is 1.44 bits per heavy atom. The van der Waals surface area contributed by atoms with Gasteiger partial charge in [0.15, 0.2) is 0 Å². The molecule has 100 valence electrons. The van der Waals surface area contributed by atoms with Crippen molar-refractivity contribution in [3.63, 3.8) is 0 Å². The lowest BCUT2D eigenvalue weighted by atomic mass is 10.2. The molecule has 0 spiro atoms. The van der Waals surface area contributed by atoms with Gasteiger partial charge >= 0.3 is 12.0 Å². The van der Waals surface area contributed by atoms with Gasteiger partial charge in [-0.3, -0.25) is 14.2 Å². The number of nitrogens with zero attached hydrogens (tertiary/aromatic N) is 1. The van der Waals surface area contributed by atoms with Gasteiger partial charge in [-0.2, -0.15) is 0 Å². The Hall–Kier alpha value is -0.580. The van der Waals surface area contributed by atoms with Crippen molar-refractivity contribution in [3.8, 4) is 0 Å². The summed E-state index contributed by atoms with van der Waals surface area (Å²) in [7, 11) is 0. The fourth-order valence-electron chi connectivity index (χ4n) is 1.19. The maximum Gasteiger partial charge on any atom is 0.345 e. The molecule has 0 aliphatic rings. The summed E-state index contributed by atoms with van der Waals surface area (Å²) in [6.45, 7) is 1.31. The van der Waals surface area contributed by atoms with E-state index >= 15 is 0 Å². The lowest BCUT2D eigenvalue weighted by molar-refractivity contribution is -0.163. The van der Waals surface area contributed by atoms with Crippen molar-refractivity contribution in [1.29, 1.82) is 0 Å². The van der Waals surface area contributed by atoms with Gasteiger partial charge in [-0.1, -0.05) is 35.2 Å². The summed E-state index contributed by atoms with van der Waals surface area (Å²) in [6.07, 6.45) is 0. The van der Waals surface area contributed by atoms with Gasteiger partial charge in [-0.25, -0.2) is 0 Å². The molecule has 0 aliphatic carbocycles. The molecule has 0 aromatic heterocycles. The Bertz CT molecular complexity index is 450. The average molecular weight is 312 g/mol. The number of hydrogen-bond acceptors (Lipinski definition) is 3. The van der Waals surface area contributed by atoms with Gasteiger partial charge < -0.3 is 5.11 Å². The van der Waals surface area contributed by atoms with Crippen LogP contribution in [0, 0.1) is 0 Å². The van der Waals surface area contributed by atoms with Crippen molar-refractivity contribution in [2.45, 2.75) is 19.6 Å². The number of carboxylic acid groups (broad SMARTS) is 1. The van der Waals surface area contributed by atoms with E-state index in [1.54, 1.807) is 24.3 Å². The summed E-state index contributed by atoms with van der Waals surface area (Å²) in [5.41, 5.74) is 0.780. The van der Waals surface area contributed by atoms with Gasteiger partial charge in [0.25, 0.3) is 0 Å². The Morgan fingerprint density at radius 3 is 2.44 bits per heavy atom. The highest BCUT2D eigenvalue weighted by Crippen LogP contribution is 2.61. The van der Waals surface area contributed by atoms with Gasteiger partial charge in [0.1, 0.15) is 6.04 Å². The Kier molecular flexibility index (Phi) is 5.63. The molecule has 0 unspecified atom stereocenters. The monoisotopic (exact) mass is 311 g/mol. The number of hydrogen-bond donors (Lipinski definition) is 1. The Balaban J connectivity index is 2.75. The number of benzene rings is 1. The highest BCUT2D eigenvalue weighted by molar-refractivity contribution is 8.06. The van der Waals surface area contributed by atoms with Crippen LogP contribution >= 0.6 is 28.5 Å². The molecule has 0 bridgehead atoms. The van der Waals surface area contributed by atoms with E-state index in [-0.39, 0.29) is 6.61 Å². The van der Waals surface area contributed by atoms with E-state index in [9.17, 15) is 9.36 Å². The minimum Gasteiger partial charge on any atom is -0.480 e. The topological polar surface area (TPSA) is 66.8 Å². The molecule has 0 fully saturated rings. The standard InChI is InChI=1S/C10H12Cl2NO4P/c1-8(10(14)15)13(18(11,12)16)17-7-9-5-3-2-4-6-9/h2-6,8H,7H2,1H3,(H,14,15)/t8-/m0/s1. The zero-order valence-electron chi connectivity index (χ0n) is 9.49. The fraction of sp³-hybridized carbons (Fsp3) is 0.300. The van der Waals surface area contributed by atoms with Crippen molar-refractivity contribution in [3.05, 3.63) is 35.9 Å². The zero-order valence-corrected chi connectivity index (χ0v) is 11.9. The van der Waals surface area contributed by atoms with Crippen LogP contribution in [0.2, 0.25) is 0 Å². The first-order valence-corrected chi connectivity index (χ1v) is 8.48. The summed E-state index contributed by atoms with van der Waals surface area (Å²) in [6, 6.07) is 7.76. The lowest BCUT2D eigenvalue weighted by Gasteiger charge is -2.25. The van der Waals surface area contributed by atoms with Crippen LogP contribution in [-0.2, 0) is 20.8 Å². The lowest BCUT2D eigenvalue weighted by Crippen LogP contribution is -2.34. The molecule has 18 heavy (non-hydrogen) atoms. The van der Waals surface area contributed by atoms with Gasteiger partial charge in [-0.05, 0) is 35.0 Å². The third-order valence-electron chi connectivity index (χ3n) is 2.12. The van der Waals surface area contributed by atoms with Crippen molar-refractivity contribution in [2.24, 2.45) is 0 Å². The fourth-order valence-corrected chi connectivity index (χ4v) is 2.93. The Labute approximate surface area is 114 Å². The minimum absolute atomic E-state index is 0.0297. The van der Waals surface area contributed by atoms with E-state index in [1.165, 1.54) is 6.92 Å². The number of aliphatic carboxylic acids is 1. The summed E-state index contributed by atoms with van der Waals surface area (Å²) in [5.74, 6) is -5.08. The van der Waals surface area contributed by atoms with Gasteiger partial charge in [0.05, 0.1) is 6.61 Å². The highest BCUT2D eigenvalue weighted by atomic mass is 35.9. The zero-order chi connectivity index (χ0) is 13.8. The number of rotatable bonds is 6. The van der Waals surface area contributed by atoms with E-state index in [1.807, 2.05) is 6.07 Å². The molecule has 0 aliphatic heterocycles. The maximum atomic E-state index is 11.6. The van der Waals surface area contributed by atoms with Crippen LogP contribution in [0.3, 0.4) is 0 Å². The van der Waals surface area contributed by atoms with Crippen LogP contribution in [0.15, 0.2) is 30.3 Å². The maximum absolute atomic E-state index is 11.6. The van der Waals surface area contributed by atoms with Crippen LogP contribution in [-0.4, -0.2) is 22.0 Å². The van der Waals surface area contributed by atoms with E-state index < -0.39 is 18.0 Å². The molecule has 1 atom stereocenters. The van der Waals surface area contributed by atoms with Crippen molar-refractivity contribution >= 4 is 34.4 Å². The van der Waals surface area contributed by atoms with E-state index in [0.717, 1.165) is 5.56 Å². The molecule has 0 amide bonds. The SMILES string of the molecule is C[C@@H](C(=O)O)N(OCc1ccccc1)P(=O)(Cl)Cl. The van der Waals surface area contributed by atoms with Crippen molar-refractivity contribution in [1.82, 2.24) is 4.83 Å². The molecular weight excluding hydrogens is 300 g/mol. The number of halogens is 2. The van der Waals surface area contributed by atoms with E-state index in [0.29, 0.717) is 4.83 Å². The second kappa shape index (κ2) is 6.55. The molecule has 8 heteroatoms. The van der Waals surface area contributed by atoms with Crippen LogP contribution in [0.1, 0.15) is 12.5 Å². The molecular formula is C10H12Cl2NO4P. The summed E-state index contributed by atoms with van der Waals surface area (Å²) in [4.78, 5) is 16.6. The largest absolute Gasteiger partial charge is 0.480 e. The summed E-state index contributed by atoms with van der Waals surface area (Å²) in [5, 5.41) is 8.85. The third kappa shape index (κ3) is 4.59. The molecule has 0 radical (unpaired) electrons. The van der Waals surface area contributed by atoms with Crippen LogP contribution in [0.5, 0.6) is 0 Å². The second-order valence-electron chi connectivity index (χ2n) is 3.51. The molecule has 5 nitrogen and oxygen atoms in total. The molecule has 1 aromatic carbocycles. The molecule has 1 rings (SSSR count). The van der Waals surface area contributed by atoms with Crippen LogP contribution in [0.4, 0.5) is 0 Å². The van der Waals surface area contributed by atoms with E-state index in [2.05, 4.69) is 0 Å². The molecule has 1 N–H and O–H groups in total. The van der Waals surface area contributed by atoms with Crippen molar-refractivity contribution < 1.29 is 19.3 Å². The highest BCUT2D eigenvalue weighted by Gasteiger charge is 2.35. The summed E-state index contributed by atoms with van der Waals surface area (Å²) >= 11 is 10.9. The first-order chi connectivity index (χ1) is 8.32. The second-order valence-corrected chi connectivity index (χ2v) is 8.04. The first kappa shape index (κ1) is 15.5. The molecule has 0 heterocycles. The van der Waals surface area contributed by atoms with Gasteiger partial charge in [-0.15, -0.1) is 0 Å². The van der Waals surface area contributed by atoms with Gasteiger partial charge in [0.2, 0.25) is 0 Å². The Morgan fingerprint density at radius 2 is 2.00 bits per heavy atom. The first-order valence-electron chi connectivity index (χ1n) is 5.01. The quantitative estimate of drug-likeness (QED) is 0.643. The normalized spacial score (nSPS) is 13.6. The van der Waals surface area contributed by atoms with Crippen LogP contribution < -0.4 is 0 Å². The molecule has 0 saturated heterocycles. The predicted molar refractivity (Wildman–Crippen MR) is 69.5 cm³/mol. The minimum atomic E-state index is -3.85. The average Bonchev–Trinajstić information content (AvgIpc) is 2.28. The number of hydroxylamine groups is 1. The summed E-state index contributed by atoms with van der Waals surface area (Å²) < 4.78 is 11.6. The number of carbonyl (C=O) groups is 1. The molecule has 1 aromatic rings. The molecule has 0 saturated carbocycles.